The molecular formula is C17H23N3. The Balaban J connectivity index is 1.73. The van der Waals surface area contributed by atoms with E-state index < -0.39 is 0 Å². The number of aromatic amines is 1. The minimum atomic E-state index is 0.587. The number of hydrogen-bond acceptors (Lipinski definition) is 2. The van der Waals surface area contributed by atoms with Gasteiger partial charge in [-0.15, -0.1) is 0 Å². The first-order valence-electron chi connectivity index (χ1n) is 7.93. The molecule has 0 radical (unpaired) electrons. The van der Waals surface area contributed by atoms with Crippen molar-refractivity contribution in [3.63, 3.8) is 0 Å². The summed E-state index contributed by atoms with van der Waals surface area (Å²) in [5, 5.41) is 5.08. The average molecular weight is 269 g/mol. The Bertz CT molecular complexity index is 616. The first-order chi connectivity index (χ1) is 9.86. The SMILES string of the molecule is CCNC1CCN2CCc3c([nH]c4ccccc34)[C@@H]2C1. The third-order valence-corrected chi connectivity index (χ3v) is 5.04. The molecule has 0 spiro atoms. The molecule has 106 valence electrons. The zero-order chi connectivity index (χ0) is 13.5. The number of hydrogen-bond donors (Lipinski definition) is 2. The summed E-state index contributed by atoms with van der Waals surface area (Å²) in [7, 11) is 0. The van der Waals surface area contributed by atoms with E-state index >= 15 is 0 Å². The minimum absolute atomic E-state index is 0.587. The van der Waals surface area contributed by atoms with Crippen molar-refractivity contribution in [1.82, 2.24) is 15.2 Å². The average Bonchev–Trinajstić information content (AvgIpc) is 2.87. The number of piperidine rings is 1. The summed E-state index contributed by atoms with van der Waals surface area (Å²) in [4.78, 5) is 6.38. The van der Waals surface area contributed by atoms with Crippen molar-refractivity contribution in [2.24, 2.45) is 0 Å². The molecule has 2 atom stereocenters. The largest absolute Gasteiger partial charge is 0.357 e. The predicted octanol–water partition coefficient (Wildman–Crippen LogP) is 2.84. The van der Waals surface area contributed by atoms with Crippen LogP contribution in [-0.4, -0.2) is 35.6 Å². The Morgan fingerprint density at radius 3 is 3.10 bits per heavy atom. The van der Waals surface area contributed by atoms with Crippen LogP contribution in [-0.2, 0) is 6.42 Å². The van der Waals surface area contributed by atoms with Gasteiger partial charge in [0.2, 0.25) is 0 Å². The van der Waals surface area contributed by atoms with E-state index in [-0.39, 0.29) is 0 Å². The van der Waals surface area contributed by atoms with Gasteiger partial charge in [-0.05, 0) is 37.4 Å². The summed E-state index contributed by atoms with van der Waals surface area (Å²) in [5.74, 6) is 0. The number of para-hydroxylation sites is 1. The third kappa shape index (κ3) is 1.88. The van der Waals surface area contributed by atoms with Gasteiger partial charge in [-0.2, -0.15) is 0 Å². The standard InChI is InChI=1S/C17H23N3/c1-2-18-12-7-9-20-10-8-14-13-5-3-4-6-15(13)19-17(14)16(20)11-12/h3-6,12,16,18-19H,2,7-11H2,1H3/t12?,16-/m0/s1. The van der Waals surface area contributed by atoms with Crippen LogP contribution < -0.4 is 5.32 Å². The lowest BCUT2D eigenvalue weighted by Crippen LogP contribution is -2.46. The van der Waals surface area contributed by atoms with Crippen molar-refractivity contribution in [3.8, 4) is 0 Å². The Kier molecular flexibility index (Phi) is 3.04. The molecule has 1 aromatic carbocycles. The molecule has 2 aromatic rings. The molecule has 0 aliphatic carbocycles. The second-order valence-electron chi connectivity index (χ2n) is 6.14. The monoisotopic (exact) mass is 269 g/mol. The highest BCUT2D eigenvalue weighted by molar-refractivity contribution is 5.85. The first kappa shape index (κ1) is 12.4. The van der Waals surface area contributed by atoms with Crippen molar-refractivity contribution in [2.45, 2.75) is 38.3 Å². The zero-order valence-electron chi connectivity index (χ0n) is 12.2. The maximum absolute atomic E-state index is 3.71. The van der Waals surface area contributed by atoms with Crippen molar-refractivity contribution in [2.75, 3.05) is 19.6 Å². The van der Waals surface area contributed by atoms with Crippen LogP contribution in [0.15, 0.2) is 24.3 Å². The van der Waals surface area contributed by atoms with E-state index in [1.807, 2.05) is 0 Å². The minimum Gasteiger partial charge on any atom is -0.357 e. The number of aromatic nitrogens is 1. The second kappa shape index (κ2) is 4.90. The van der Waals surface area contributed by atoms with E-state index in [1.54, 1.807) is 5.56 Å². The van der Waals surface area contributed by atoms with Crippen molar-refractivity contribution < 1.29 is 0 Å². The Hall–Kier alpha value is -1.32. The van der Waals surface area contributed by atoms with E-state index in [9.17, 15) is 0 Å². The van der Waals surface area contributed by atoms with Crippen molar-refractivity contribution in [3.05, 3.63) is 35.5 Å². The molecule has 0 amide bonds. The molecule has 3 nitrogen and oxygen atoms in total. The quantitative estimate of drug-likeness (QED) is 0.878. The van der Waals surface area contributed by atoms with Crippen molar-refractivity contribution in [1.29, 1.82) is 0 Å². The van der Waals surface area contributed by atoms with E-state index in [2.05, 4.69) is 46.4 Å². The van der Waals surface area contributed by atoms with Gasteiger partial charge in [0.15, 0.2) is 0 Å². The lowest BCUT2D eigenvalue weighted by molar-refractivity contribution is 0.114. The highest BCUT2D eigenvalue weighted by Crippen LogP contribution is 2.39. The maximum Gasteiger partial charge on any atom is 0.0516 e. The van der Waals surface area contributed by atoms with Gasteiger partial charge in [0.1, 0.15) is 0 Å². The molecule has 0 bridgehead atoms. The van der Waals surface area contributed by atoms with Crippen LogP contribution in [0.25, 0.3) is 10.9 Å². The zero-order valence-corrected chi connectivity index (χ0v) is 12.2. The Morgan fingerprint density at radius 1 is 1.30 bits per heavy atom. The van der Waals surface area contributed by atoms with Gasteiger partial charge in [-0.3, -0.25) is 4.90 Å². The normalized spacial score (nSPS) is 26.4. The summed E-state index contributed by atoms with van der Waals surface area (Å²) in [6.07, 6.45) is 3.73. The molecule has 1 fully saturated rings. The van der Waals surface area contributed by atoms with Gasteiger partial charge in [0, 0.05) is 35.7 Å². The van der Waals surface area contributed by atoms with Crippen molar-refractivity contribution >= 4 is 10.9 Å². The van der Waals surface area contributed by atoms with Crippen LogP contribution in [0, 0.1) is 0 Å². The van der Waals surface area contributed by atoms with Gasteiger partial charge in [0.25, 0.3) is 0 Å². The topological polar surface area (TPSA) is 31.1 Å². The van der Waals surface area contributed by atoms with Crippen LogP contribution in [0.3, 0.4) is 0 Å². The molecule has 3 heterocycles. The Labute approximate surface area is 120 Å². The molecule has 4 rings (SSSR count). The molecule has 3 heteroatoms. The summed E-state index contributed by atoms with van der Waals surface area (Å²) in [6, 6.07) is 10.0. The number of rotatable bonds is 2. The molecule has 1 saturated heterocycles. The van der Waals surface area contributed by atoms with Gasteiger partial charge >= 0.3 is 0 Å². The number of fused-ring (bicyclic) bond motifs is 5. The van der Waals surface area contributed by atoms with Gasteiger partial charge < -0.3 is 10.3 Å². The molecule has 2 aliphatic heterocycles. The van der Waals surface area contributed by atoms with Crippen LogP contribution in [0.2, 0.25) is 0 Å². The van der Waals surface area contributed by atoms with E-state index in [4.69, 9.17) is 0 Å². The predicted molar refractivity (Wildman–Crippen MR) is 83.0 cm³/mol. The summed E-state index contributed by atoms with van der Waals surface area (Å²) in [6.45, 7) is 5.74. The molecule has 0 saturated carbocycles. The van der Waals surface area contributed by atoms with E-state index in [1.165, 1.54) is 48.9 Å². The highest BCUT2D eigenvalue weighted by atomic mass is 15.2. The summed E-state index contributed by atoms with van der Waals surface area (Å²) < 4.78 is 0. The fourth-order valence-electron chi connectivity index (χ4n) is 4.09. The third-order valence-electron chi connectivity index (χ3n) is 5.04. The van der Waals surface area contributed by atoms with Crippen LogP contribution in [0.1, 0.15) is 37.1 Å². The molecule has 2 aliphatic rings. The van der Waals surface area contributed by atoms with Crippen LogP contribution in [0.4, 0.5) is 0 Å². The van der Waals surface area contributed by atoms with Crippen LogP contribution >= 0.6 is 0 Å². The van der Waals surface area contributed by atoms with Gasteiger partial charge in [-0.1, -0.05) is 25.1 Å². The number of nitrogens with one attached hydrogen (secondary N) is 2. The Morgan fingerprint density at radius 2 is 2.20 bits per heavy atom. The maximum atomic E-state index is 3.71. The fourth-order valence-corrected chi connectivity index (χ4v) is 4.09. The van der Waals surface area contributed by atoms with E-state index in [0.717, 1.165) is 6.54 Å². The molecule has 2 N–H and O–H groups in total. The molecule has 1 unspecified atom stereocenters. The number of benzene rings is 1. The lowest BCUT2D eigenvalue weighted by atomic mass is 9.88. The summed E-state index contributed by atoms with van der Waals surface area (Å²) >= 11 is 0. The number of H-pyrrole nitrogens is 1. The van der Waals surface area contributed by atoms with Gasteiger partial charge in [0.05, 0.1) is 6.04 Å². The second-order valence-corrected chi connectivity index (χ2v) is 6.14. The highest BCUT2D eigenvalue weighted by Gasteiger charge is 2.34. The lowest BCUT2D eigenvalue weighted by Gasteiger charge is -2.42. The number of nitrogens with zero attached hydrogens (tertiary/aromatic N) is 1. The van der Waals surface area contributed by atoms with E-state index in [0.29, 0.717) is 12.1 Å². The fraction of sp³-hybridized carbons (Fsp3) is 0.529. The smallest absolute Gasteiger partial charge is 0.0516 e. The van der Waals surface area contributed by atoms with Gasteiger partial charge in [-0.25, -0.2) is 0 Å². The molecule has 20 heavy (non-hydrogen) atoms. The van der Waals surface area contributed by atoms with Crippen LogP contribution in [0.5, 0.6) is 0 Å². The summed E-state index contributed by atoms with van der Waals surface area (Å²) in [5.41, 5.74) is 4.36. The molecular weight excluding hydrogens is 246 g/mol. The molecule has 1 aromatic heterocycles. The first-order valence-corrected chi connectivity index (χ1v) is 7.93.